The van der Waals surface area contributed by atoms with Gasteiger partial charge < -0.3 is 19.9 Å². The number of methoxy groups -OCH3 is 1. The van der Waals surface area contributed by atoms with E-state index in [1.54, 1.807) is 0 Å². The summed E-state index contributed by atoms with van der Waals surface area (Å²) in [5.41, 5.74) is -0.223. The molecule has 1 unspecified atom stereocenters. The molecule has 0 aliphatic carbocycles. The third-order valence-electron chi connectivity index (χ3n) is 3.45. The maximum atomic E-state index is 11.7. The molecule has 1 saturated heterocycles. The van der Waals surface area contributed by atoms with Crippen molar-refractivity contribution in [2.24, 2.45) is 0 Å². The Bertz CT molecular complexity index is 460. The van der Waals surface area contributed by atoms with Gasteiger partial charge >= 0.3 is 0 Å². The average Bonchev–Trinajstić information content (AvgIpc) is 2.87. The molecule has 0 saturated carbocycles. The summed E-state index contributed by atoms with van der Waals surface area (Å²) in [6.07, 6.45) is 4.80. The molecule has 1 aromatic heterocycles. The molecule has 0 radical (unpaired) electrons. The topological polar surface area (TPSA) is 70.2 Å². The van der Waals surface area contributed by atoms with Crippen molar-refractivity contribution in [3.63, 3.8) is 0 Å². The number of ether oxygens (including phenoxy) is 1. The van der Waals surface area contributed by atoms with Gasteiger partial charge in [-0.3, -0.25) is 4.79 Å². The highest BCUT2D eigenvalue weighted by molar-refractivity contribution is 5.52. The molecule has 0 amide bonds. The van der Waals surface area contributed by atoms with E-state index < -0.39 is 0 Å². The molecule has 1 aliphatic rings. The van der Waals surface area contributed by atoms with E-state index in [2.05, 4.69) is 27.1 Å². The lowest BCUT2D eigenvalue weighted by atomic mass is 10.2. The van der Waals surface area contributed by atoms with E-state index in [1.807, 2.05) is 0 Å². The lowest BCUT2D eigenvalue weighted by molar-refractivity contribution is 0.404. The number of anilines is 1. The van der Waals surface area contributed by atoms with E-state index in [4.69, 9.17) is 4.74 Å². The van der Waals surface area contributed by atoms with Gasteiger partial charge in [-0.1, -0.05) is 6.92 Å². The van der Waals surface area contributed by atoms with Crippen molar-refractivity contribution in [2.45, 2.75) is 32.2 Å². The van der Waals surface area contributed by atoms with Crippen LogP contribution in [-0.2, 0) is 0 Å². The van der Waals surface area contributed by atoms with Crippen LogP contribution in [0.2, 0.25) is 0 Å². The zero-order valence-corrected chi connectivity index (χ0v) is 11.6. The summed E-state index contributed by atoms with van der Waals surface area (Å²) in [4.78, 5) is 20.7. The number of hydrogen-bond donors (Lipinski definition) is 2. The van der Waals surface area contributed by atoms with Gasteiger partial charge in [-0.05, 0) is 25.8 Å². The van der Waals surface area contributed by atoms with Gasteiger partial charge in [0.05, 0.1) is 13.4 Å². The van der Waals surface area contributed by atoms with Crippen LogP contribution in [-0.4, -0.2) is 42.8 Å². The second-order valence-electron chi connectivity index (χ2n) is 4.78. The molecule has 2 rings (SSSR count). The highest BCUT2D eigenvalue weighted by atomic mass is 16.5. The van der Waals surface area contributed by atoms with E-state index in [0.717, 1.165) is 38.9 Å². The Morgan fingerprint density at radius 3 is 3.21 bits per heavy atom. The average molecular weight is 266 g/mol. The van der Waals surface area contributed by atoms with Crippen molar-refractivity contribution in [3.05, 3.63) is 16.7 Å². The number of aromatic amines is 1. The highest BCUT2D eigenvalue weighted by Gasteiger charge is 2.28. The van der Waals surface area contributed by atoms with E-state index in [-0.39, 0.29) is 5.56 Å². The Morgan fingerprint density at radius 2 is 2.47 bits per heavy atom. The minimum atomic E-state index is -0.223. The van der Waals surface area contributed by atoms with Crippen molar-refractivity contribution < 1.29 is 4.74 Å². The first-order chi connectivity index (χ1) is 9.27. The van der Waals surface area contributed by atoms with Crippen LogP contribution in [0.5, 0.6) is 5.75 Å². The van der Waals surface area contributed by atoms with Crippen LogP contribution in [0, 0.1) is 0 Å². The molecule has 1 fully saturated rings. The molecular weight excluding hydrogens is 244 g/mol. The number of nitrogens with zero attached hydrogens (tertiary/aromatic N) is 2. The predicted octanol–water partition coefficient (Wildman–Crippen LogP) is 0.747. The molecule has 1 aromatic rings. The quantitative estimate of drug-likeness (QED) is 0.743. The molecule has 0 aromatic carbocycles. The van der Waals surface area contributed by atoms with Crippen LogP contribution in [0.25, 0.3) is 0 Å². The normalized spacial score (nSPS) is 18.8. The van der Waals surface area contributed by atoms with Crippen LogP contribution in [0.4, 0.5) is 5.82 Å². The van der Waals surface area contributed by atoms with Gasteiger partial charge in [0.2, 0.25) is 5.75 Å². The molecule has 2 heterocycles. The summed E-state index contributed by atoms with van der Waals surface area (Å²) in [6, 6.07) is 0.384. The second kappa shape index (κ2) is 6.56. The van der Waals surface area contributed by atoms with E-state index in [9.17, 15) is 4.79 Å². The number of hydrogen-bond acceptors (Lipinski definition) is 5. The first-order valence-electron chi connectivity index (χ1n) is 6.87. The summed E-state index contributed by atoms with van der Waals surface area (Å²) in [5.74, 6) is 0.969. The summed E-state index contributed by atoms with van der Waals surface area (Å²) >= 11 is 0. The minimum absolute atomic E-state index is 0.223. The Hall–Kier alpha value is -1.56. The van der Waals surface area contributed by atoms with Crippen molar-refractivity contribution >= 4 is 5.82 Å². The van der Waals surface area contributed by atoms with Crippen molar-refractivity contribution in [2.75, 3.05) is 31.6 Å². The maximum absolute atomic E-state index is 11.7. The third-order valence-corrected chi connectivity index (χ3v) is 3.45. The predicted molar refractivity (Wildman–Crippen MR) is 74.9 cm³/mol. The maximum Gasteiger partial charge on any atom is 0.295 e. The van der Waals surface area contributed by atoms with Crippen molar-refractivity contribution in [1.29, 1.82) is 0 Å². The lowest BCUT2D eigenvalue weighted by Gasteiger charge is -2.26. The van der Waals surface area contributed by atoms with E-state index >= 15 is 0 Å². The van der Waals surface area contributed by atoms with Gasteiger partial charge in [-0.25, -0.2) is 4.98 Å². The number of rotatable bonds is 6. The van der Waals surface area contributed by atoms with Gasteiger partial charge in [-0.2, -0.15) is 0 Å². The first-order valence-corrected chi connectivity index (χ1v) is 6.87. The number of nitrogens with one attached hydrogen (secondary N) is 2. The molecule has 0 spiro atoms. The fourth-order valence-electron chi connectivity index (χ4n) is 2.54. The summed E-state index contributed by atoms with van der Waals surface area (Å²) in [5, 5.41) is 3.43. The largest absolute Gasteiger partial charge is 0.489 e. The molecule has 0 bridgehead atoms. The molecule has 1 atom stereocenters. The van der Waals surface area contributed by atoms with Gasteiger partial charge in [0.15, 0.2) is 5.82 Å². The lowest BCUT2D eigenvalue weighted by Crippen LogP contribution is -2.39. The standard InChI is InChI=1S/C13H22N4O2/c1-3-6-14-8-10-5-4-7-17(10)12-11(19-2)13(18)16-9-15-12/h9-10,14H,3-8H2,1-2H3,(H,15,16,18). The Kier molecular flexibility index (Phi) is 4.79. The number of H-pyrrole nitrogens is 1. The third kappa shape index (κ3) is 3.07. The zero-order valence-electron chi connectivity index (χ0n) is 11.6. The Balaban J connectivity index is 2.15. The van der Waals surface area contributed by atoms with Crippen molar-refractivity contribution in [3.8, 4) is 5.75 Å². The highest BCUT2D eigenvalue weighted by Crippen LogP contribution is 2.28. The van der Waals surface area contributed by atoms with Crippen LogP contribution in [0.15, 0.2) is 11.1 Å². The summed E-state index contributed by atoms with van der Waals surface area (Å²) < 4.78 is 5.19. The molecule has 106 valence electrons. The minimum Gasteiger partial charge on any atom is -0.489 e. The second-order valence-corrected chi connectivity index (χ2v) is 4.78. The fourth-order valence-corrected chi connectivity index (χ4v) is 2.54. The Morgan fingerprint density at radius 1 is 1.63 bits per heavy atom. The van der Waals surface area contributed by atoms with Crippen LogP contribution >= 0.6 is 0 Å². The van der Waals surface area contributed by atoms with Gasteiger partial charge in [0.1, 0.15) is 0 Å². The first kappa shape index (κ1) is 13.9. The summed E-state index contributed by atoms with van der Waals surface area (Å²) in [7, 11) is 1.51. The van der Waals surface area contributed by atoms with Gasteiger partial charge in [0, 0.05) is 19.1 Å². The smallest absolute Gasteiger partial charge is 0.295 e. The van der Waals surface area contributed by atoms with Crippen LogP contribution < -0.4 is 20.5 Å². The Labute approximate surface area is 113 Å². The molecule has 2 N–H and O–H groups in total. The monoisotopic (exact) mass is 266 g/mol. The number of aromatic nitrogens is 2. The molecule has 6 heteroatoms. The van der Waals surface area contributed by atoms with Gasteiger partial charge in [0.25, 0.3) is 5.56 Å². The van der Waals surface area contributed by atoms with Crippen molar-refractivity contribution in [1.82, 2.24) is 15.3 Å². The van der Waals surface area contributed by atoms with Crippen LogP contribution in [0.3, 0.4) is 0 Å². The molecule has 19 heavy (non-hydrogen) atoms. The van der Waals surface area contributed by atoms with E-state index in [0.29, 0.717) is 17.6 Å². The van der Waals surface area contributed by atoms with E-state index in [1.165, 1.54) is 13.4 Å². The molecule has 6 nitrogen and oxygen atoms in total. The fraction of sp³-hybridized carbons (Fsp3) is 0.692. The molecular formula is C13H22N4O2. The van der Waals surface area contributed by atoms with Gasteiger partial charge in [-0.15, -0.1) is 0 Å². The zero-order chi connectivity index (χ0) is 13.7. The summed E-state index contributed by atoms with van der Waals surface area (Å²) in [6.45, 7) is 5.02. The molecule has 1 aliphatic heterocycles. The van der Waals surface area contributed by atoms with Crippen LogP contribution in [0.1, 0.15) is 26.2 Å². The SMILES string of the molecule is CCCNCC1CCCN1c1nc[nH]c(=O)c1OC.